The van der Waals surface area contributed by atoms with E-state index in [0.29, 0.717) is 0 Å². The molecule has 3 rings (SSSR count). The van der Waals surface area contributed by atoms with Crippen molar-refractivity contribution in [1.82, 2.24) is 9.80 Å². The van der Waals surface area contributed by atoms with E-state index in [1.165, 1.54) is 55.6 Å². The van der Waals surface area contributed by atoms with E-state index in [4.69, 9.17) is 0 Å². The highest BCUT2D eigenvalue weighted by molar-refractivity contribution is 9.10. The lowest BCUT2D eigenvalue weighted by atomic mass is 10.2. The van der Waals surface area contributed by atoms with Crippen molar-refractivity contribution in [1.29, 1.82) is 0 Å². The molecular formula is C15H21BrN2. The lowest BCUT2D eigenvalue weighted by Crippen LogP contribution is -2.46. The van der Waals surface area contributed by atoms with Crippen LogP contribution in [0.4, 0.5) is 0 Å². The van der Waals surface area contributed by atoms with Crippen molar-refractivity contribution in [3.63, 3.8) is 0 Å². The molecule has 2 nitrogen and oxygen atoms in total. The van der Waals surface area contributed by atoms with E-state index in [1.54, 1.807) is 0 Å². The summed E-state index contributed by atoms with van der Waals surface area (Å²) >= 11 is 3.64. The normalized spacial score (nSPS) is 22.3. The van der Waals surface area contributed by atoms with Gasteiger partial charge in [-0.2, -0.15) is 0 Å². The second kappa shape index (κ2) is 5.72. The summed E-state index contributed by atoms with van der Waals surface area (Å²) in [6, 6.07) is 8.57. The predicted octanol–water partition coefficient (Wildman–Crippen LogP) is 2.98. The summed E-state index contributed by atoms with van der Waals surface area (Å²) in [7, 11) is 0. The van der Waals surface area contributed by atoms with Gasteiger partial charge < -0.3 is 4.90 Å². The molecule has 1 aliphatic heterocycles. The molecule has 1 aliphatic carbocycles. The van der Waals surface area contributed by atoms with E-state index in [9.17, 15) is 0 Å². The minimum absolute atomic E-state index is 1.03. The maximum absolute atomic E-state index is 3.64. The van der Waals surface area contributed by atoms with Gasteiger partial charge in [0.1, 0.15) is 0 Å². The Kier molecular flexibility index (Phi) is 4.02. The van der Waals surface area contributed by atoms with Gasteiger partial charge in [-0.3, -0.25) is 4.90 Å². The fraction of sp³-hybridized carbons (Fsp3) is 0.600. The van der Waals surface area contributed by atoms with Crippen LogP contribution in [-0.4, -0.2) is 42.5 Å². The van der Waals surface area contributed by atoms with Crippen molar-refractivity contribution in [2.75, 3.05) is 32.7 Å². The largest absolute Gasteiger partial charge is 0.301 e. The molecule has 0 spiro atoms. The van der Waals surface area contributed by atoms with Gasteiger partial charge in [0, 0.05) is 43.7 Å². The summed E-state index contributed by atoms with van der Waals surface area (Å²) in [4.78, 5) is 5.22. The molecule has 0 aromatic heterocycles. The van der Waals surface area contributed by atoms with Crippen LogP contribution in [0.1, 0.15) is 18.4 Å². The summed E-state index contributed by atoms with van der Waals surface area (Å²) in [6.07, 6.45) is 2.94. The fourth-order valence-corrected chi connectivity index (χ4v) is 3.07. The van der Waals surface area contributed by atoms with Crippen molar-refractivity contribution in [3.8, 4) is 0 Å². The van der Waals surface area contributed by atoms with E-state index in [0.717, 1.165) is 12.5 Å². The van der Waals surface area contributed by atoms with Crippen LogP contribution in [0.3, 0.4) is 0 Å². The van der Waals surface area contributed by atoms with Crippen LogP contribution >= 0.6 is 15.9 Å². The Morgan fingerprint density at radius 3 is 2.33 bits per heavy atom. The van der Waals surface area contributed by atoms with Gasteiger partial charge in [0.25, 0.3) is 0 Å². The SMILES string of the molecule is Brc1ccccc1CN1CCN(CC2CC2)CC1. The highest BCUT2D eigenvalue weighted by Gasteiger charge is 2.26. The Morgan fingerprint density at radius 2 is 1.67 bits per heavy atom. The van der Waals surface area contributed by atoms with E-state index < -0.39 is 0 Å². The number of halogens is 1. The Hall–Kier alpha value is -0.380. The molecule has 18 heavy (non-hydrogen) atoms. The van der Waals surface area contributed by atoms with Gasteiger partial charge in [-0.05, 0) is 30.4 Å². The van der Waals surface area contributed by atoms with Crippen molar-refractivity contribution in [2.45, 2.75) is 19.4 Å². The number of hydrogen-bond donors (Lipinski definition) is 0. The molecule has 98 valence electrons. The van der Waals surface area contributed by atoms with E-state index in [-0.39, 0.29) is 0 Å². The zero-order chi connectivity index (χ0) is 12.4. The van der Waals surface area contributed by atoms with Gasteiger partial charge in [-0.1, -0.05) is 34.1 Å². The lowest BCUT2D eigenvalue weighted by Gasteiger charge is -2.34. The molecule has 0 unspecified atom stereocenters. The summed E-state index contributed by atoms with van der Waals surface area (Å²) in [5.74, 6) is 1.03. The van der Waals surface area contributed by atoms with Crippen molar-refractivity contribution >= 4 is 15.9 Å². The summed E-state index contributed by atoms with van der Waals surface area (Å²) in [5.41, 5.74) is 1.41. The first-order chi connectivity index (χ1) is 8.81. The predicted molar refractivity (Wildman–Crippen MR) is 78.6 cm³/mol. The quantitative estimate of drug-likeness (QED) is 0.844. The third-order valence-corrected chi connectivity index (χ3v) is 4.80. The first-order valence-electron chi connectivity index (χ1n) is 6.99. The van der Waals surface area contributed by atoms with E-state index >= 15 is 0 Å². The Labute approximate surface area is 118 Å². The van der Waals surface area contributed by atoms with Gasteiger partial charge in [0.15, 0.2) is 0 Å². The number of hydrogen-bond acceptors (Lipinski definition) is 2. The summed E-state index contributed by atoms with van der Waals surface area (Å²) in [5, 5.41) is 0. The minimum atomic E-state index is 1.03. The molecule has 2 fully saturated rings. The number of piperazine rings is 1. The lowest BCUT2D eigenvalue weighted by molar-refractivity contribution is 0.123. The Bertz CT molecular complexity index is 395. The second-order valence-corrected chi connectivity index (χ2v) is 6.47. The molecule has 0 radical (unpaired) electrons. The molecule has 1 saturated carbocycles. The van der Waals surface area contributed by atoms with Gasteiger partial charge in [0.2, 0.25) is 0 Å². The first-order valence-corrected chi connectivity index (χ1v) is 7.78. The molecule has 0 bridgehead atoms. The standard InChI is InChI=1S/C15H21BrN2/c16-15-4-2-1-3-14(15)12-18-9-7-17(8-10-18)11-13-5-6-13/h1-4,13H,5-12H2. The van der Waals surface area contributed by atoms with E-state index in [2.05, 4.69) is 50.0 Å². The van der Waals surface area contributed by atoms with Crippen LogP contribution in [0.5, 0.6) is 0 Å². The smallest absolute Gasteiger partial charge is 0.0246 e. The zero-order valence-corrected chi connectivity index (χ0v) is 12.4. The number of rotatable bonds is 4. The van der Waals surface area contributed by atoms with Gasteiger partial charge in [0.05, 0.1) is 0 Å². The molecule has 1 saturated heterocycles. The average Bonchev–Trinajstić information content (AvgIpc) is 3.19. The Balaban J connectivity index is 1.49. The van der Waals surface area contributed by atoms with Crippen LogP contribution in [0.25, 0.3) is 0 Å². The van der Waals surface area contributed by atoms with Gasteiger partial charge >= 0.3 is 0 Å². The second-order valence-electron chi connectivity index (χ2n) is 5.61. The molecule has 2 aliphatic rings. The van der Waals surface area contributed by atoms with Crippen LogP contribution < -0.4 is 0 Å². The topological polar surface area (TPSA) is 6.48 Å². The van der Waals surface area contributed by atoms with Gasteiger partial charge in [-0.25, -0.2) is 0 Å². The monoisotopic (exact) mass is 308 g/mol. The van der Waals surface area contributed by atoms with Crippen LogP contribution in [0.2, 0.25) is 0 Å². The first kappa shape index (κ1) is 12.6. The molecule has 0 N–H and O–H groups in total. The third-order valence-electron chi connectivity index (χ3n) is 4.03. The third kappa shape index (κ3) is 3.34. The summed E-state index contributed by atoms with van der Waals surface area (Å²) in [6.45, 7) is 7.37. The zero-order valence-electron chi connectivity index (χ0n) is 10.8. The molecule has 1 aromatic rings. The molecule has 1 heterocycles. The highest BCUT2D eigenvalue weighted by Crippen LogP contribution is 2.30. The van der Waals surface area contributed by atoms with Crippen LogP contribution in [0, 0.1) is 5.92 Å². The van der Waals surface area contributed by atoms with Gasteiger partial charge in [-0.15, -0.1) is 0 Å². The van der Waals surface area contributed by atoms with Crippen LogP contribution in [0.15, 0.2) is 28.7 Å². The number of nitrogens with zero attached hydrogens (tertiary/aromatic N) is 2. The fourth-order valence-electron chi connectivity index (χ4n) is 2.66. The van der Waals surface area contributed by atoms with Crippen molar-refractivity contribution < 1.29 is 0 Å². The Morgan fingerprint density at radius 1 is 1.00 bits per heavy atom. The maximum Gasteiger partial charge on any atom is 0.0246 e. The average molecular weight is 309 g/mol. The summed E-state index contributed by atoms with van der Waals surface area (Å²) < 4.78 is 1.24. The van der Waals surface area contributed by atoms with E-state index in [1.807, 2.05) is 0 Å². The van der Waals surface area contributed by atoms with Crippen molar-refractivity contribution in [2.24, 2.45) is 5.92 Å². The molecule has 0 amide bonds. The molecule has 0 atom stereocenters. The number of benzene rings is 1. The molecule has 1 aromatic carbocycles. The highest BCUT2D eigenvalue weighted by atomic mass is 79.9. The molecular weight excluding hydrogens is 288 g/mol. The minimum Gasteiger partial charge on any atom is -0.301 e. The van der Waals surface area contributed by atoms with Crippen LogP contribution in [-0.2, 0) is 6.54 Å². The molecule has 3 heteroatoms. The van der Waals surface area contributed by atoms with Crippen molar-refractivity contribution in [3.05, 3.63) is 34.3 Å². The maximum atomic E-state index is 3.64.